The Labute approximate surface area is 130 Å². The molecule has 1 aliphatic heterocycles. The van der Waals surface area contributed by atoms with Crippen LogP contribution in [0.5, 0.6) is 0 Å². The van der Waals surface area contributed by atoms with Gasteiger partial charge in [0.25, 0.3) is 0 Å². The number of hydrogen-bond acceptors (Lipinski definition) is 2. The molecule has 22 heavy (non-hydrogen) atoms. The Bertz CT molecular complexity index is 691. The molecular weight excluding hydrogens is 272 g/mol. The van der Waals surface area contributed by atoms with Crippen molar-refractivity contribution in [2.45, 2.75) is 18.9 Å². The molecule has 0 atom stereocenters. The Morgan fingerprint density at radius 2 is 1.59 bits per heavy atom. The van der Waals surface area contributed by atoms with Crippen molar-refractivity contribution in [1.82, 2.24) is 4.57 Å². The summed E-state index contributed by atoms with van der Waals surface area (Å²) in [6, 6.07) is 17.5. The molecule has 1 fully saturated rings. The van der Waals surface area contributed by atoms with Crippen LogP contribution in [0.4, 0.5) is 5.69 Å². The van der Waals surface area contributed by atoms with Gasteiger partial charge in [0.15, 0.2) is 0 Å². The molecule has 3 aromatic rings. The van der Waals surface area contributed by atoms with Crippen molar-refractivity contribution in [3.8, 4) is 11.3 Å². The largest absolute Gasteiger partial charge is 0.464 e. The molecule has 1 aromatic carbocycles. The molecule has 3 heteroatoms. The van der Waals surface area contributed by atoms with Crippen LogP contribution in [0.3, 0.4) is 0 Å². The summed E-state index contributed by atoms with van der Waals surface area (Å²) in [6.07, 6.45) is 8.48. The lowest BCUT2D eigenvalue weighted by atomic mass is 10.0. The summed E-state index contributed by atoms with van der Waals surface area (Å²) in [5, 5.41) is 0. The molecule has 3 nitrogen and oxygen atoms in total. The van der Waals surface area contributed by atoms with Crippen molar-refractivity contribution in [1.29, 1.82) is 0 Å². The average molecular weight is 292 g/mol. The number of hydrogen-bond donors (Lipinski definition) is 0. The number of nitrogens with zero attached hydrogens (tertiary/aromatic N) is 2. The first-order valence-electron chi connectivity index (χ1n) is 7.91. The van der Waals surface area contributed by atoms with Crippen molar-refractivity contribution >= 4 is 5.69 Å². The molecule has 2 aromatic heterocycles. The van der Waals surface area contributed by atoms with E-state index in [9.17, 15) is 0 Å². The van der Waals surface area contributed by atoms with E-state index in [1.165, 1.54) is 18.5 Å². The Morgan fingerprint density at radius 1 is 0.864 bits per heavy atom. The average Bonchev–Trinajstić information content (AvgIpc) is 3.29. The van der Waals surface area contributed by atoms with E-state index in [0.29, 0.717) is 6.04 Å². The van der Waals surface area contributed by atoms with Gasteiger partial charge < -0.3 is 13.9 Å². The first-order chi connectivity index (χ1) is 10.9. The van der Waals surface area contributed by atoms with Crippen molar-refractivity contribution < 1.29 is 4.42 Å². The molecular formula is C19H20N2O. The van der Waals surface area contributed by atoms with Crippen molar-refractivity contribution in [2.24, 2.45) is 0 Å². The predicted molar refractivity (Wildman–Crippen MR) is 89.1 cm³/mol. The molecule has 0 saturated carbocycles. The molecule has 4 rings (SSSR count). The predicted octanol–water partition coefficient (Wildman–Crippen LogP) is 4.59. The summed E-state index contributed by atoms with van der Waals surface area (Å²) in [6.45, 7) is 2.23. The van der Waals surface area contributed by atoms with E-state index in [0.717, 1.165) is 24.4 Å². The van der Waals surface area contributed by atoms with Gasteiger partial charge in [-0.05, 0) is 61.4 Å². The highest BCUT2D eigenvalue weighted by atomic mass is 16.3. The number of benzene rings is 1. The molecule has 0 radical (unpaired) electrons. The quantitative estimate of drug-likeness (QED) is 0.704. The van der Waals surface area contributed by atoms with E-state index in [4.69, 9.17) is 4.42 Å². The third-order valence-corrected chi connectivity index (χ3v) is 4.55. The van der Waals surface area contributed by atoms with Crippen LogP contribution in [0.1, 0.15) is 18.9 Å². The summed E-state index contributed by atoms with van der Waals surface area (Å²) >= 11 is 0. The van der Waals surface area contributed by atoms with E-state index in [1.807, 2.05) is 12.1 Å². The van der Waals surface area contributed by atoms with Crippen LogP contribution in [-0.2, 0) is 0 Å². The summed E-state index contributed by atoms with van der Waals surface area (Å²) < 4.78 is 7.79. The Kier molecular flexibility index (Phi) is 3.47. The lowest BCUT2D eigenvalue weighted by molar-refractivity contribution is 0.397. The highest BCUT2D eigenvalue weighted by molar-refractivity contribution is 5.61. The Balaban J connectivity index is 1.43. The van der Waals surface area contributed by atoms with Gasteiger partial charge in [-0.1, -0.05) is 0 Å². The van der Waals surface area contributed by atoms with Crippen LogP contribution in [0, 0.1) is 0 Å². The van der Waals surface area contributed by atoms with Gasteiger partial charge in [-0.25, -0.2) is 0 Å². The fraction of sp³-hybridized carbons (Fsp3) is 0.263. The molecule has 0 aliphatic carbocycles. The molecule has 1 aliphatic rings. The zero-order valence-corrected chi connectivity index (χ0v) is 12.6. The van der Waals surface area contributed by atoms with E-state index in [1.54, 1.807) is 6.26 Å². The van der Waals surface area contributed by atoms with Crippen LogP contribution in [-0.4, -0.2) is 17.7 Å². The van der Waals surface area contributed by atoms with Gasteiger partial charge in [0.1, 0.15) is 5.76 Å². The van der Waals surface area contributed by atoms with Gasteiger partial charge in [0.05, 0.1) is 6.26 Å². The topological polar surface area (TPSA) is 21.3 Å². The fourth-order valence-corrected chi connectivity index (χ4v) is 3.29. The SMILES string of the molecule is c1coc(-c2ccc(N3CCC(n4cccc4)CC3)cc2)c1. The smallest absolute Gasteiger partial charge is 0.133 e. The van der Waals surface area contributed by atoms with Gasteiger partial charge in [0.2, 0.25) is 0 Å². The second-order valence-electron chi connectivity index (χ2n) is 5.87. The van der Waals surface area contributed by atoms with Crippen LogP contribution in [0.25, 0.3) is 11.3 Å². The number of anilines is 1. The van der Waals surface area contributed by atoms with Crippen molar-refractivity contribution in [2.75, 3.05) is 18.0 Å². The van der Waals surface area contributed by atoms with Crippen LogP contribution in [0.2, 0.25) is 0 Å². The van der Waals surface area contributed by atoms with E-state index in [2.05, 4.69) is 58.3 Å². The van der Waals surface area contributed by atoms with Gasteiger partial charge in [-0.15, -0.1) is 0 Å². The second kappa shape index (κ2) is 5.76. The number of piperidine rings is 1. The maximum atomic E-state index is 5.44. The minimum Gasteiger partial charge on any atom is -0.464 e. The van der Waals surface area contributed by atoms with Gasteiger partial charge in [0, 0.05) is 42.8 Å². The molecule has 0 N–H and O–H groups in total. The Hall–Kier alpha value is -2.42. The van der Waals surface area contributed by atoms with Crippen LogP contribution < -0.4 is 4.90 Å². The molecule has 0 unspecified atom stereocenters. The number of furan rings is 1. The zero-order valence-electron chi connectivity index (χ0n) is 12.6. The lowest BCUT2D eigenvalue weighted by Gasteiger charge is -2.34. The monoisotopic (exact) mass is 292 g/mol. The van der Waals surface area contributed by atoms with E-state index in [-0.39, 0.29) is 0 Å². The lowest BCUT2D eigenvalue weighted by Crippen LogP contribution is -2.34. The summed E-state index contributed by atoms with van der Waals surface area (Å²) in [5.74, 6) is 0.929. The highest BCUT2D eigenvalue weighted by Gasteiger charge is 2.20. The molecule has 0 bridgehead atoms. The normalized spacial score (nSPS) is 16.1. The first kappa shape index (κ1) is 13.3. The van der Waals surface area contributed by atoms with Crippen molar-refractivity contribution in [3.05, 3.63) is 67.2 Å². The van der Waals surface area contributed by atoms with Gasteiger partial charge >= 0.3 is 0 Å². The first-order valence-corrected chi connectivity index (χ1v) is 7.91. The standard InChI is InChI=1S/C19H20N2O/c1-2-12-20(11-1)18-9-13-21(14-10-18)17-7-5-16(6-8-17)19-4-3-15-22-19/h1-8,11-12,15,18H,9-10,13-14H2. The summed E-state index contributed by atoms with van der Waals surface area (Å²) in [5.41, 5.74) is 2.44. The highest BCUT2D eigenvalue weighted by Crippen LogP contribution is 2.28. The molecule has 1 saturated heterocycles. The molecule has 0 spiro atoms. The molecule has 3 heterocycles. The summed E-state index contributed by atoms with van der Waals surface area (Å²) in [7, 11) is 0. The Morgan fingerprint density at radius 3 is 2.23 bits per heavy atom. The molecule has 112 valence electrons. The second-order valence-corrected chi connectivity index (χ2v) is 5.87. The number of aromatic nitrogens is 1. The van der Waals surface area contributed by atoms with E-state index >= 15 is 0 Å². The fourth-order valence-electron chi connectivity index (χ4n) is 3.29. The van der Waals surface area contributed by atoms with Crippen LogP contribution in [0.15, 0.2) is 71.6 Å². The maximum absolute atomic E-state index is 5.44. The minimum atomic E-state index is 0.647. The third-order valence-electron chi connectivity index (χ3n) is 4.55. The number of rotatable bonds is 3. The third kappa shape index (κ3) is 2.54. The summed E-state index contributed by atoms with van der Waals surface area (Å²) in [4.78, 5) is 2.48. The maximum Gasteiger partial charge on any atom is 0.133 e. The van der Waals surface area contributed by atoms with Crippen LogP contribution >= 0.6 is 0 Å². The van der Waals surface area contributed by atoms with E-state index < -0.39 is 0 Å². The molecule has 0 amide bonds. The van der Waals surface area contributed by atoms with Crippen molar-refractivity contribution in [3.63, 3.8) is 0 Å². The minimum absolute atomic E-state index is 0.647. The zero-order chi connectivity index (χ0) is 14.8. The van der Waals surface area contributed by atoms with Gasteiger partial charge in [-0.2, -0.15) is 0 Å². The van der Waals surface area contributed by atoms with Gasteiger partial charge in [-0.3, -0.25) is 0 Å².